The van der Waals surface area contributed by atoms with Gasteiger partial charge < -0.3 is 24.1 Å². The van der Waals surface area contributed by atoms with Crippen LogP contribution in [0.4, 0.5) is 8.78 Å². The quantitative estimate of drug-likeness (QED) is 0.349. The number of likely N-dealkylation sites (tertiary alicyclic amines) is 1. The number of nitrogens with one attached hydrogen (secondary N) is 1. The van der Waals surface area contributed by atoms with Gasteiger partial charge in [0.15, 0.2) is 11.5 Å². The number of carbonyl (C=O) groups excluding carboxylic acids is 3. The molecule has 2 heterocycles. The Morgan fingerprint density at radius 2 is 1.84 bits per heavy atom. The van der Waals surface area contributed by atoms with Crippen LogP contribution in [0.25, 0.3) is 10.8 Å². The molecule has 3 aromatic rings. The minimum absolute atomic E-state index is 0.0678. The van der Waals surface area contributed by atoms with Gasteiger partial charge >= 0.3 is 18.6 Å². The molecule has 1 N–H and O–H groups in total. The van der Waals surface area contributed by atoms with Crippen LogP contribution in [0.3, 0.4) is 0 Å². The molecular weight excluding hydrogens is 486 g/mol. The molecule has 1 unspecified atom stereocenters. The summed E-state index contributed by atoms with van der Waals surface area (Å²) in [5.74, 6) is -1.73. The number of rotatable bonds is 8. The zero-order valence-corrected chi connectivity index (χ0v) is 20.1. The number of alkyl halides is 2. The van der Waals surface area contributed by atoms with Gasteiger partial charge in [-0.25, -0.2) is 9.59 Å². The highest BCUT2D eigenvalue weighted by molar-refractivity contribution is 6.01. The van der Waals surface area contributed by atoms with Crippen molar-refractivity contribution in [2.45, 2.75) is 44.8 Å². The minimum Gasteiger partial charge on any atom is -0.489 e. The van der Waals surface area contributed by atoms with Crippen LogP contribution in [-0.2, 0) is 14.3 Å². The second-order valence-corrected chi connectivity index (χ2v) is 9.47. The van der Waals surface area contributed by atoms with E-state index in [1.807, 2.05) is 0 Å². The Labute approximate surface area is 211 Å². The highest BCUT2D eigenvalue weighted by atomic mass is 19.3. The van der Waals surface area contributed by atoms with Crippen molar-refractivity contribution in [3.63, 3.8) is 0 Å². The number of carbonyl (C=O) groups is 3. The van der Waals surface area contributed by atoms with Gasteiger partial charge in [0.25, 0.3) is 0 Å². The zero-order chi connectivity index (χ0) is 26.1. The SMILES string of the molecule is CC(=O)N1CC(c2ccc(OC(F)F)c(OCC3CC3)c2)C[C@@H]1C(=O)OC(=O)c1ccc2c[nH]cc2c1. The van der Waals surface area contributed by atoms with Crippen LogP contribution >= 0.6 is 0 Å². The lowest BCUT2D eigenvalue weighted by Crippen LogP contribution is -2.40. The highest BCUT2D eigenvalue weighted by Crippen LogP contribution is 2.39. The number of benzene rings is 2. The van der Waals surface area contributed by atoms with E-state index in [1.54, 1.807) is 42.7 Å². The first-order chi connectivity index (χ1) is 17.8. The Morgan fingerprint density at radius 1 is 1.05 bits per heavy atom. The first-order valence-corrected chi connectivity index (χ1v) is 12.1. The molecule has 2 fully saturated rings. The number of hydrogen-bond donors (Lipinski definition) is 1. The first kappa shape index (κ1) is 24.7. The van der Waals surface area contributed by atoms with Gasteiger partial charge in [-0.15, -0.1) is 0 Å². The summed E-state index contributed by atoms with van der Waals surface area (Å²) in [6, 6.07) is 8.62. The molecule has 1 amide bonds. The van der Waals surface area contributed by atoms with Gasteiger partial charge in [0.2, 0.25) is 5.91 Å². The normalized spacial score (nSPS) is 19.3. The Hall–Kier alpha value is -3.95. The first-order valence-electron chi connectivity index (χ1n) is 12.1. The maximum Gasteiger partial charge on any atom is 0.387 e. The third kappa shape index (κ3) is 5.58. The maximum absolute atomic E-state index is 13.0. The number of aromatic nitrogens is 1. The predicted molar refractivity (Wildman–Crippen MR) is 129 cm³/mol. The largest absolute Gasteiger partial charge is 0.489 e. The average molecular weight is 513 g/mol. The maximum atomic E-state index is 13.0. The molecule has 8 nitrogen and oxygen atoms in total. The Balaban J connectivity index is 1.32. The number of ether oxygens (including phenoxy) is 3. The van der Waals surface area contributed by atoms with E-state index in [0.29, 0.717) is 18.1 Å². The molecule has 37 heavy (non-hydrogen) atoms. The summed E-state index contributed by atoms with van der Waals surface area (Å²) < 4.78 is 41.3. The van der Waals surface area contributed by atoms with Crippen LogP contribution < -0.4 is 9.47 Å². The van der Waals surface area contributed by atoms with E-state index in [-0.39, 0.29) is 41.9 Å². The number of aromatic amines is 1. The second kappa shape index (κ2) is 10.2. The van der Waals surface area contributed by atoms with Crippen molar-refractivity contribution in [2.75, 3.05) is 13.2 Å². The summed E-state index contributed by atoms with van der Waals surface area (Å²) in [4.78, 5) is 42.3. The van der Waals surface area contributed by atoms with E-state index >= 15 is 0 Å². The lowest BCUT2D eigenvalue weighted by molar-refractivity contribution is -0.148. The van der Waals surface area contributed by atoms with Crippen molar-refractivity contribution in [2.24, 2.45) is 5.92 Å². The molecule has 10 heteroatoms. The van der Waals surface area contributed by atoms with E-state index in [0.717, 1.165) is 23.6 Å². The van der Waals surface area contributed by atoms with Gasteiger partial charge in [-0.3, -0.25) is 4.79 Å². The standard InChI is InChI=1S/C27H26F2N2O6/c1-15(32)31-13-21(17-6-7-23(36-27(28)29)24(10-17)35-14-16-2-3-16)9-22(31)26(34)37-25(33)18-4-5-19-11-30-12-20(19)8-18/h4-8,10-12,16,21-22,27,30H,2-3,9,13-14H2,1H3/t21?,22-/m1/s1. The van der Waals surface area contributed by atoms with Crippen molar-refractivity contribution in [3.05, 3.63) is 59.9 Å². The number of hydrogen-bond acceptors (Lipinski definition) is 6. The van der Waals surface area contributed by atoms with E-state index in [4.69, 9.17) is 9.47 Å². The van der Waals surface area contributed by atoms with E-state index in [1.165, 1.54) is 17.9 Å². The molecule has 2 atom stereocenters. The van der Waals surface area contributed by atoms with Crippen LogP contribution in [0.5, 0.6) is 11.5 Å². The minimum atomic E-state index is -3.00. The molecule has 2 aliphatic rings. The van der Waals surface area contributed by atoms with E-state index in [9.17, 15) is 23.2 Å². The molecule has 0 radical (unpaired) electrons. The lowest BCUT2D eigenvalue weighted by Gasteiger charge is -2.21. The fourth-order valence-corrected chi connectivity index (χ4v) is 4.62. The summed E-state index contributed by atoms with van der Waals surface area (Å²) in [5.41, 5.74) is 0.926. The molecule has 1 aliphatic heterocycles. The van der Waals surface area contributed by atoms with Crippen LogP contribution in [0.2, 0.25) is 0 Å². The second-order valence-electron chi connectivity index (χ2n) is 9.47. The molecule has 1 saturated carbocycles. The monoisotopic (exact) mass is 512 g/mol. The molecule has 1 aliphatic carbocycles. The fourth-order valence-electron chi connectivity index (χ4n) is 4.62. The Kier molecular flexibility index (Phi) is 6.82. The van der Waals surface area contributed by atoms with Crippen molar-refractivity contribution in [1.29, 1.82) is 0 Å². The number of amides is 1. The fraction of sp³-hybridized carbons (Fsp3) is 0.370. The van der Waals surface area contributed by atoms with Gasteiger partial charge in [0, 0.05) is 31.8 Å². The smallest absolute Gasteiger partial charge is 0.387 e. The van der Waals surface area contributed by atoms with Gasteiger partial charge in [0.05, 0.1) is 12.2 Å². The van der Waals surface area contributed by atoms with Crippen molar-refractivity contribution in [3.8, 4) is 11.5 Å². The van der Waals surface area contributed by atoms with E-state index in [2.05, 4.69) is 9.72 Å². The number of nitrogens with zero attached hydrogens (tertiary/aromatic N) is 1. The summed E-state index contributed by atoms with van der Waals surface area (Å²) in [6.07, 6.45) is 5.78. The van der Waals surface area contributed by atoms with Gasteiger partial charge in [-0.05, 0) is 65.8 Å². The number of fused-ring (bicyclic) bond motifs is 1. The molecule has 0 bridgehead atoms. The topological polar surface area (TPSA) is 97.9 Å². The van der Waals surface area contributed by atoms with Crippen LogP contribution in [0.15, 0.2) is 48.8 Å². The summed E-state index contributed by atoms with van der Waals surface area (Å²) in [5, 5.41) is 1.71. The van der Waals surface area contributed by atoms with Crippen molar-refractivity contribution < 1.29 is 37.4 Å². The molecule has 1 saturated heterocycles. The predicted octanol–water partition coefficient (Wildman–Crippen LogP) is 4.65. The molecule has 2 aromatic carbocycles. The van der Waals surface area contributed by atoms with Crippen molar-refractivity contribution >= 4 is 28.6 Å². The van der Waals surface area contributed by atoms with Crippen LogP contribution in [-0.4, -0.2) is 53.5 Å². The molecule has 5 rings (SSSR count). The number of esters is 2. The van der Waals surface area contributed by atoms with Crippen LogP contribution in [0, 0.1) is 5.92 Å². The van der Waals surface area contributed by atoms with Gasteiger partial charge in [-0.1, -0.05) is 12.1 Å². The van der Waals surface area contributed by atoms with Gasteiger partial charge in [-0.2, -0.15) is 8.78 Å². The molecule has 1 aromatic heterocycles. The highest BCUT2D eigenvalue weighted by Gasteiger charge is 2.41. The van der Waals surface area contributed by atoms with Crippen molar-refractivity contribution in [1.82, 2.24) is 9.88 Å². The van der Waals surface area contributed by atoms with E-state index < -0.39 is 24.6 Å². The lowest BCUT2D eigenvalue weighted by atomic mass is 9.96. The number of halogens is 2. The molecular formula is C27H26F2N2O6. The van der Waals surface area contributed by atoms with Crippen LogP contribution in [0.1, 0.15) is 48.0 Å². The third-order valence-corrected chi connectivity index (χ3v) is 6.80. The summed E-state index contributed by atoms with van der Waals surface area (Å²) in [7, 11) is 0. The molecule has 0 spiro atoms. The number of H-pyrrole nitrogens is 1. The molecule has 194 valence electrons. The average Bonchev–Trinajstić information content (AvgIpc) is 3.37. The third-order valence-electron chi connectivity index (χ3n) is 6.80. The Morgan fingerprint density at radius 3 is 2.57 bits per heavy atom. The summed E-state index contributed by atoms with van der Waals surface area (Å²) in [6.45, 7) is -1.05. The Bertz CT molecular complexity index is 1340. The van der Waals surface area contributed by atoms with Gasteiger partial charge in [0.1, 0.15) is 6.04 Å². The summed E-state index contributed by atoms with van der Waals surface area (Å²) >= 11 is 0. The zero-order valence-electron chi connectivity index (χ0n) is 20.1.